The van der Waals surface area contributed by atoms with E-state index >= 15 is 0 Å². The van der Waals surface area contributed by atoms with Gasteiger partial charge >= 0.3 is 0 Å². The zero-order valence-corrected chi connectivity index (χ0v) is 12.9. The molecular formula is C16H34N2. The Morgan fingerprint density at radius 1 is 1.00 bits per heavy atom. The Kier molecular flexibility index (Phi) is 7.92. The molecule has 0 bridgehead atoms. The van der Waals surface area contributed by atoms with Gasteiger partial charge in [-0.15, -0.1) is 0 Å². The van der Waals surface area contributed by atoms with Crippen LogP contribution in [0.25, 0.3) is 0 Å². The lowest BCUT2D eigenvalue weighted by Gasteiger charge is -2.41. The summed E-state index contributed by atoms with van der Waals surface area (Å²) in [7, 11) is 0. The van der Waals surface area contributed by atoms with Crippen LogP contribution >= 0.6 is 0 Å². The standard InChI is InChI=1S/C16H34N2/c1-4-6-7-8-9-10-11-13-18-14-12-17-16(3,5-2)15-18/h17H,4-15H2,1-3H3. The fourth-order valence-electron chi connectivity index (χ4n) is 2.86. The van der Waals surface area contributed by atoms with Crippen LogP contribution in [0.4, 0.5) is 0 Å². The van der Waals surface area contributed by atoms with Gasteiger partial charge in [0.15, 0.2) is 0 Å². The molecule has 1 N–H and O–H groups in total. The quantitative estimate of drug-likeness (QED) is 0.629. The second-order valence-corrected chi connectivity index (χ2v) is 6.24. The molecule has 1 aliphatic heterocycles. The third-order valence-corrected chi connectivity index (χ3v) is 4.41. The average Bonchev–Trinajstić information content (AvgIpc) is 2.38. The van der Waals surface area contributed by atoms with Gasteiger partial charge in [0.25, 0.3) is 0 Å². The second kappa shape index (κ2) is 8.92. The Balaban J connectivity index is 2.01. The molecule has 2 nitrogen and oxygen atoms in total. The first-order valence-electron chi connectivity index (χ1n) is 8.17. The van der Waals surface area contributed by atoms with Crippen molar-refractivity contribution >= 4 is 0 Å². The van der Waals surface area contributed by atoms with E-state index in [9.17, 15) is 0 Å². The van der Waals surface area contributed by atoms with Crippen molar-refractivity contribution in [2.45, 2.75) is 77.7 Å². The number of nitrogens with zero attached hydrogens (tertiary/aromatic N) is 1. The molecule has 108 valence electrons. The number of rotatable bonds is 9. The molecule has 0 amide bonds. The lowest BCUT2D eigenvalue weighted by molar-refractivity contribution is 0.137. The Morgan fingerprint density at radius 2 is 1.67 bits per heavy atom. The van der Waals surface area contributed by atoms with Crippen molar-refractivity contribution < 1.29 is 0 Å². The minimum atomic E-state index is 0.360. The molecule has 2 heteroatoms. The summed E-state index contributed by atoms with van der Waals surface area (Å²) < 4.78 is 0. The van der Waals surface area contributed by atoms with E-state index in [0.29, 0.717) is 5.54 Å². The van der Waals surface area contributed by atoms with Crippen LogP contribution in [-0.2, 0) is 0 Å². The number of unbranched alkanes of at least 4 members (excludes halogenated alkanes) is 6. The van der Waals surface area contributed by atoms with Gasteiger partial charge < -0.3 is 10.2 Å². The van der Waals surface area contributed by atoms with Gasteiger partial charge in [0.05, 0.1) is 0 Å². The third-order valence-electron chi connectivity index (χ3n) is 4.41. The molecule has 1 saturated heterocycles. The molecule has 0 aromatic carbocycles. The lowest BCUT2D eigenvalue weighted by atomic mass is 9.95. The lowest BCUT2D eigenvalue weighted by Crippen LogP contribution is -2.58. The molecule has 0 spiro atoms. The van der Waals surface area contributed by atoms with Crippen molar-refractivity contribution in [2.75, 3.05) is 26.2 Å². The predicted octanol–water partition coefficient (Wildman–Crippen LogP) is 3.81. The zero-order valence-electron chi connectivity index (χ0n) is 12.9. The van der Waals surface area contributed by atoms with Crippen molar-refractivity contribution in [3.05, 3.63) is 0 Å². The van der Waals surface area contributed by atoms with Gasteiger partial charge in [0.1, 0.15) is 0 Å². The summed E-state index contributed by atoms with van der Waals surface area (Å²) in [6.07, 6.45) is 11.2. The van der Waals surface area contributed by atoms with Crippen LogP contribution in [0.3, 0.4) is 0 Å². The molecule has 1 atom stereocenters. The fraction of sp³-hybridized carbons (Fsp3) is 1.00. The van der Waals surface area contributed by atoms with Gasteiger partial charge in [-0.25, -0.2) is 0 Å². The van der Waals surface area contributed by atoms with E-state index in [1.807, 2.05) is 0 Å². The first-order valence-corrected chi connectivity index (χ1v) is 8.17. The molecular weight excluding hydrogens is 220 g/mol. The van der Waals surface area contributed by atoms with Crippen LogP contribution < -0.4 is 5.32 Å². The van der Waals surface area contributed by atoms with Crippen LogP contribution in [-0.4, -0.2) is 36.6 Å². The van der Waals surface area contributed by atoms with Gasteiger partial charge in [-0.05, 0) is 26.3 Å². The van der Waals surface area contributed by atoms with E-state index in [0.717, 1.165) is 0 Å². The second-order valence-electron chi connectivity index (χ2n) is 6.24. The summed E-state index contributed by atoms with van der Waals surface area (Å²) in [6, 6.07) is 0. The van der Waals surface area contributed by atoms with E-state index in [-0.39, 0.29) is 0 Å². The van der Waals surface area contributed by atoms with E-state index in [1.54, 1.807) is 0 Å². The van der Waals surface area contributed by atoms with Crippen LogP contribution in [0.15, 0.2) is 0 Å². The van der Waals surface area contributed by atoms with Crippen molar-refractivity contribution in [1.29, 1.82) is 0 Å². The topological polar surface area (TPSA) is 15.3 Å². The molecule has 0 radical (unpaired) electrons. The molecule has 1 aliphatic rings. The average molecular weight is 254 g/mol. The molecule has 0 saturated carbocycles. The van der Waals surface area contributed by atoms with Crippen molar-refractivity contribution in [1.82, 2.24) is 10.2 Å². The van der Waals surface area contributed by atoms with Crippen molar-refractivity contribution in [2.24, 2.45) is 0 Å². The molecule has 1 rings (SSSR count). The van der Waals surface area contributed by atoms with Gasteiger partial charge in [-0.2, -0.15) is 0 Å². The number of nitrogens with one attached hydrogen (secondary N) is 1. The summed E-state index contributed by atoms with van der Waals surface area (Å²) in [4.78, 5) is 2.66. The SMILES string of the molecule is CCCCCCCCCN1CCNC(C)(CC)C1. The maximum absolute atomic E-state index is 3.66. The minimum Gasteiger partial charge on any atom is -0.309 e. The van der Waals surface area contributed by atoms with Gasteiger partial charge in [-0.1, -0.05) is 52.4 Å². The van der Waals surface area contributed by atoms with E-state index in [4.69, 9.17) is 0 Å². The van der Waals surface area contributed by atoms with Crippen molar-refractivity contribution in [3.8, 4) is 0 Å². The van der Waals surface area contributed by atoms with Gasteiger partial charge in [0.2, 0.25) is 0 Å². The minimum absolute atomic E-state index is 0.360. The summed E-state index contributed by atoms with van der Waals surface area (Å²) in [5.41, 5.74) is 0.360. The zero-order chi connectivity index (χ0) is 13.3. The molecule has 0 aromatic rings. The molecule has 1 unspecified atom stereocenters. The Bertz CT molecular complexity index is 205. The number of hydrogen-bond acceptors (Lipinski definition) is 2. The highest BCUT2D eigenvalue weighted by Crippen LogP contribution is 2.16. The Labute approximate surface area is 115 Å². The predicted molar refractivity (Wildman–Crippen MR) is 81.1 cm³/mol. The summed E-state index contributed by atoms with van der Waals surface area (Å²) in [5, 5.41) is 3.66. The summed E-state index contributed by atoms with van der Waals surface area (Å²) in [6.45, 7) is 11.9. The fourth-order valence-corrected chi connectivity index (χ4v) is 2.86. The third kappa shape index (κ3) is 6.19. The maximum atomic E-state index is 3.66. The molecule has 1 fully saturated rings. The number of piperazine rings is 1. The first kappa shape index (κ1) is 16.0. The van der Waals surface area contributed by atoms with Gasteiger partial charge in [0, 0.05) is 25.2 Å². The molecule has 18 heavy (non-hydrogen) atoms. The Morgan fingerprint density at radius 3 is 2.33 bits per heavy atom. The highest BCUT2D eigenvalue weighted by atomic mass is 15.2. The summed E-state index contributed by atoms with van der Waals surface area (Å²) in [5.74, 6) is 0. The van der Waals surface area contributed by atoms with Crippen LogP contribution in [0.2, 0.25) is 0 Å². The monoisotopic (exact) mass is 254 g/mol. The number of hydrogen-bond donors (Lipinski definition) is 1. The smallest absolute Gasteiger partial charge is 0.0278 e. The van der Waals surface area contributed by atoms with Crippen LogP contribution in [0.5, 0.6) is 0 Å². The van der Waals surface area contributed by atoms with Crippen LogP contribution in [0.1, 0.15) is 72.1 Å². The van der Waals surface area contributed by atoms with E-state index in [1.165, 1.54) is 77.5 Å². The normalized spacial score (nSPS) is 25.5. The van der Waals surface area contributed by atoms with E-state index in [2.05, 4.69) is 31.0 Å². The van der Waals surface area contributed by atoms with E-state index < -0.39 is 0 Å². The largest absolute Gasteiger partial charge is 0.309 e. The van der Waals surface area contributed by atoms with Gasteiger partial charge in [-0.3, -0.25) is 0 Å². The highest BCUT2D eigenvalue weighted by Gasteiger charge is 2.27. The first-order chi connectivity index (χ1) is 8.70. The summed E-state index contributed by atoms with van der Waals surface area (Å²) >= 11 is 0. The van der Waals surface area contributed by atoms with Crippen LogP contribution in [0, 0.1) is 0 Å². The highest BCUT2D eigenvalue weighted by molar-refractivity contribution is 4.89. The molecule has 0 aliphatic carbocycles. The molecule has 1 heterocycles. The van der Waals surface area contributed by atoms with Crippen molar-refractivity contribution in [3.63, 3.8) is 0 Å². The Hall–Kier alpha value is -0.0800. The molecule has 0 aromatic heterocycles. The maximum Gasteiger partial charge on any atom is 0.0278 e.